The second-order valence-corrected chi connectivity index (χ2v) is 8.11. The second kappa shape index (κ2) is 7.42. The topological polar surface area (TPSA) is 46.9 Å². The molecule has 0 saturated carbocycles. The summed E-state index contributed by atoms with van der Waals surface area (Å²) in [6, 6.07) is 11.8. The maximum Gasteiger partial charge on any atom is 0.261 e. The first-order chi connectivity index (χ1) is 11.1. The lowest BCUT2D eigenvalue weighted by molar-refractivity contribution is 0.0955. The van der Waals surface area contributed by atoms with Gasteiger partial charge in [0.15, 0.2) is 0 Å². The molecule has 7 heteroatoms. The molecule has 0 bridgehead atoms. The van der Waals surface area contributed by atoms with Crippen molar-refractivity contribution < 1.29 is 4.79 Å². The largest absolute Gasteiger partial charge is 0.347 e. The van der Waals surface area contributed by atoms with E-state index in [1.54, 1.807) is 6.20 Å². The predicted molar refractivity (Wildman–Crippen MR) is 98.7 cm³/mol. The number of thiophene rings is 1. The molecule has 118 valence electrons. The van der Waals surface area contributed by atoms with Crippen molar-refractivity contribution in [3.8, 4) is 0 Å². The highest BCUT2D eigenvalue weighted by atomic mass is 79.9. The minimum absolute atomic E-state index is 0.0738. The number of hydrogen-bond acceptors (Lipinski definition) is 3. The van der Waals surface area contributed by atoms with E-state index < -0.39 is 0 Å². The van der Waals surface area contributed by atoms with Gasteiger partial charge < -0.3 is 5.32 Å². The highest BCUT2D eigenvalue weighted by molar-refractivity contribution is 9.13. The fraction of sp³-hybridized carbons (Fsp3) is 0.125. The molecule has 23 heavy (non-hydrogen) atoms. The van der Waals surface area contributed by atoms with Crippen LogP contribution in [0.4, 0.5) is 0 Å². The third-order valence-corrected chi connectivity index (χ3v) is 6.57. The van der Waals surface area contributed by atoms with Crippen molar-refractivity contribution >= 4 is 49.1 Å². The molecular weight excluding hydrogens is 442 g/mol. The van der Waals surface area contributed by atoms with Gasteiger partial charge in [0.25, 0.3) is 5.91 Å². The zero-order valence-corrected chi connectivity index (χ0v) is 16.0. The molecule has 2 aromatic heterocycles. The van der Waals surface area contributed by atoms with Crippen molar-refractivity contribution in [3.63, 3.8) is 0 Å². The Kier molecular flexibility index (Phi) is 5.30. The summed E-state index contributed by atoms with van der Waals surface area (Å²) in [5.74, 6) is -0.0738. The van der Waals surface area contributed by atoms with Gasteiger partial charge in [-0.15, -0.1) is 11.3 Å². The Bertz CT molecular complexity index is 795. The van der Waals surface area contributed by atoms with Gasteiger partial charge in [0, 0.05) is 23.4 Å². The van der Waals surface area contributed by atoms with Crippen LogP contribution in [0.1, 0.15) is 20.8 Å². The van der Waals surface area contributed by atoms with Gasteiger partial charge in [-0.3, -0.25) is 9.48 Å². The number of halogens is 2. The van der Waals surface area contributed by atoms with Crippen LogP contribution in [0.5, 0.6) is 0 Å². The molecule has 1 aromatic carbocycles. The number of aromatic nitrogens is 2. The first-order valence-electron chi connectivity index (χ1n) is 6.90. The van der Waals surface area contributed by atoms with Gasteiger partial charge in [-0.05, 0) is 55.1 Å². The fourth-order valence-corrected chi connectivity index (χ4v) is 4.13. The van der Waals surface area contributed by atoms with Crippen LogP contribution in [0.3, 0.4) is 0 Å². The van der Waals surface area contributed by atoms with Crippen LogP contribution >= 0.6 is 43.2 Å². The van der Waals surface area contributed by atoms with Gasteiger partial charge >= 0.3 is 0 Å². The average Bonchev–Trinajstić information content (AvgIpc) is 3.17. The highest BCUT2D eigenvalue weighted by Crippen LogP contribution is 2.32. The van der Waals surface area contributed by atoms with Crippen molar-refractivity contribution in [2.45, 2.75) is 13.1 Å². The van der Waals surface area contributed by atoms with Crippen molar-refractivity contribution in [2.75, 3.05) is 0 Å². The normalized spacial score (nSPS) is 10.7. The molecule has 0 aliphatic heterocycles. The SMILES string of the molecule is O=C(NCc1ccccc1Cn1cccn1)c1cc(Br)c(Br)s1. The number of nitrogens with zero attached hydrogens (tertiary/aromatic N) is 2. The molecule has 0 atom stereocenters. The average molecular weight is 455 g/mol. The van der Waals surface area contributed by atoms with Gasteiger partial charge in [0.1, 0.15) is 0 Å². The molecule has 2 heterocycles. The standard InChI is InChI=1S/C16H13Br2N3OS/c17-13-8-14(23-15(13)18)16(22)19-9-11-4-1-2-5-12(11)10-21-7-3-6-20-21/h1-8H,9-10H2,(H,19,22). The number of carbonyl (C=O) groups excluding carboxylic acids is 1. The highest BCUT2D eigenvalue weighted by Gasteiger charge is 2.12. The third kappa shape index (κ3) is 4.10. The number of amides is 1. The Labute approximate surface area is 154 Å². The Balaban J connectivity index is 1.69. The first kappa shape index (κ1) is 16.4. The Morgan fingerprint density at radius 3 is 2.65 bits per heavy atom. The van der Waals surface area contributed by atoms with E-state index in [2.05, 4.69) is 48.3 Å². The van der Waals surface area contributed by atoms with E-state index in [0.29, 0.717) is 18.0 Å². The van der Waals surface area contributed by atoms with Gasteiger partial charge in [-0.2, -0.15) is 5.10 Å². The fourth-order valence-electron chi connectivity index (χ4n) is 2.17. The molecule has 1 N–H and O–H groups in total. The smallest absolute Gasteiger partial charge is 0.261 e. The Morgan fingerprint density at radius 1 is 1.22 bits per heavy atom. The van der Waals surface area contributed by atoms with Gasteiger partial charge in [-0.25, -0.2) is 0 Å². The Morgan fingerprint density at radius 2 is 2.00 bits per heavy atom. The predicted octanol–water partition coefficient (Wildman–Crippen LogP) is 4.45. The molecule has 3 rings (SSSR count). The van der Waals surface area contributed by atoms with Crippen LogP contribution < -0.4 is 5.32 Å². The molecule has 0 fully saturated rings. The van der Waals surface area contributed by atoms with E-state index in [0.717, 1.165) is 19.4 Å². The van der Waals surface area contributed by atoms with Gasteiger partial charge in [0.2, 0.25) is 0 Å². The lowest BCUT2D eigenvalue weighted by Gasteiger charge is -2.10. The molecular formula is C16H13Br2N3OS. The van der Waals surface area contributed by atoms with Crippen LogP contribution in [0.25, 0.3) is 0 Å². The number of nitrogens with one attached hydrogen (secondary N) is 1. The van der Waals surface area contributed by atoms with Gasteiger partial charge in [-0.1, -0.05) is 24.3 Å². The summed E-state index contributed by atoms with van der Waals surface area (Å²) in [5.41, 5.74) is 2.23. The monoisotopic (exact) mass is 453 g/mol. The summed E-state index contributed by atoms with van der Waals surface area (Å²) in [6.45, 7) is 1.18. The maximum atomic E-state index is 12.3. The molecule has 0 aliphatic rings. The number of carbonyl (C=O) groups is 1. The number of benzene rings is 1. The molecule has 0 radical (unpaired) electrons. The van der Waals surface area contributed by atoms with Crippen LogP contribution in [0.15, 0.2) is 57.1 Å². The van der Waals surface area contributed by atoms with Gasteiger partial charge in [0.05, 0.1) is 15.2 Å². The molecule has 0 unspecified atom stereocenters. The third-order valence-electron chi connectivity index (χ3n) is 3.32. The molecule has 3 aromatic rings. The van der Waals surface area contributed by atoms with Crippen molar-refractivity contribution in [1.82, 2.24) is 15.1 Å². The number of rotatable bonds is 5. The van der Waals surface area contributed by atoms with Crippen LogP contribution in [0, 0.1) is 0 Å². The van der Waals surface area contributed by atoms with E-state index in [-0.39, 0.29) is 5.91 Å². The maximum absolute atomic E-state index is 12.3. The lowest BCUT2D eigenvalue weighted by Crippen LogP contribution is -2.22. The molecule has 4 nitrogen and oxygen atoms in total. The van der Waals surface area contributed by atoms with Crippen LogP contribution in [-0.2, 0) is 13.1 Å². The minimum Gasteiger partial charge on any atom is -0.347 e. The zero-order valence-electron chi connectivity index (χ0n) is 12.0. The van der Waals surface area contributed by atoms with Crippen LogP contribution in [0.2, 0.25) is 0 Å². The first-order valence-corrected chi connectivity index (χ1v) is 9.31. The van der Waals surface area contributed by atoms with E-state index in [1.807, 2.05) is 41.2 Å². The van der Waals surface area contributed by atoms with E-state index in [4.69, 9.17) is 0 Å². The molecule has 0 saturated heterocycles. The summed E-state index contributed by atoms with van der Waals surface area (Å²) in [4.78, 5) is 12.9. The minimum atomic E-state index is -0.0738. The van der Waals surface area contributed by atoms with Crippen molar-refractivity contribution in [1.29, 1.82) is 0 Å². The quantitative estimate of drug-likeness (QED) is 0.619. The van der Waals surface area contributed by atoms with E-state index in [1.165, 1.54) is 11.3 Å². The summed E-state index contributed by atoms with van der Waals surface area (Å²) >= 11 is 8.22. The Hall–Kier alpha value is -1.44. The summed E-state index contributed by atoms with van der Waals surface area (Å²) in [7, 11) is 0. The van der Waals surface area contributed by atoms with Crippen molar-refractivity contribution in [3.05, 3.63) is 73.1 Å². The number of hydrogen-bond donors (Lipinski definition) is 1. The van der Waals surface area contributed by atoms with E-state index >= 15 is 0 Å². The zero-order chi connectivity index (χ0) is 16.2. The lowest BCUT2D eigenvalue weighted by atomic mass is 10.1. The molecule has 0 spiro atoms. The molecule has 1 amide bonds. The van der Waals surface area contributed by atoms with Crippen LogP contribution in [-0.4, -0.2) is 15.7 Å². The summed E-state index contributed by atoms with van der Waals surface area (Å²) in [5, 5.41) is 7.20. The van der Waals surface area contributed by atoms with Crippen molar-refractivity contribution in [2.24, 2.45) is 0 Å². The van der Waals surface area contributed by atoms with E-state index in [9.17, 15) is 4.79 Å². The summed E-state index contributed by atoms with van der Waals surface area (Å²) < 4.78 is 3.68. The molecule has 0 aliphatic carbocycles. The second-order valence-electron chi connectivity index (χ2n) is 4.89. The summed E-state index contributed by atoms with van der Waals surface area (Å²) in [6.07, 6.45) is 3.69.